The van der Waals surface area contributed by atoms with Crippen LogP contribution in [-0.2, 0) is 28.9 Å². The van der Waals surface area contributed by atoms with Crippen molar-refractivity contribution >= 4 is 11.6 Å². The molecule has 1 fully saturated rings. The highest BCUT2D eigenvalue weighted by Gasteiger charge is 2.43. The molecule has 1 aliphatic rings. The molecule has 0 N–H and O–H groups in total. The number of rotatable bonds is 6. The maximum absolute atomic E-state index is 13.2. The van der Waals surface area contributed by atoms with E-state index in [4.69, 9.17) is 4.74 Å². The predicted octanol–water partition coefficient (Wildman–Crippen LogP) is 4.61. The first-order valence-corrected chi connectivity index (χ1v) is 9.80. The summed E-state index contributed by atoms with van der Waals surface area (Å²) in [5.41, 5.74) is 5.49. The van der Waals surface area contributed by atoms with Crippen LogP contribution in [0.15, 0.2) is 36.4 Å². The van der Waals surface area contributed by atoms with E-state index < -0.39 is 5.92 Å². The van der Waals surface area contributed by atoms with Gasteiger partial charge in [0, 0.05) is 12.3 Å². The Morgan fingerprint density at radius 2 is 1.70 bits per heavy atom. The maximum atomic E-state index is 13.2. The summed E-state index contributed by atoms with van der Waals surface area (Å²) in [6.45, 7) is 6.26. The van der Waals surface area contributed by atoms with Crippen LogP contribution < -0.4 is 4.74 Å². The van der Waals surface area contributed by atoms with Crippen LogP contribution in [0.1, 0.15) is 54.0 Å². The Balaban J connectivity index is 1.93. The molecule has 27 heavy (non-hydrogen) atoms. The van der Waals surface area contributed by atoms with Gasteiger partial charge in [-0.15, -0.1) is 0 Å². The number of carbonyl (C=O) groups excluding carboxylic acids is 2. The second-order valence-corrected chi connectivity index (χ2v) is 7.46. The molecule has 0 saturated heterocycles. The Morgan fingerprint density at radius 3 is 2.30 bits per heavy atom. The number of carbonyl (C=O) groups is 2. The zero-order chi connectivity index (χ0) is 19.6. The van der Waals surface area contributed by atoms with Gasteiger partial charge < -0.3 is 4.74 Å². The molecular weight excluding hydrogens is 336 g/mol. The number of benzene rings is 2. The van der Waals surface area contributed by atoms with Crippen LogP contribution in [0.3, 0.4) is 0 Å². The second-order valence-electron chi connectivity index (χ2n) is 7.46. The highest BCUT2D eigenvalue weighted by atomic mass is 16.5. The molecule has 3 heteroatoms. The summed E-state index contributed by atoms with van der Waals surface area (Å²) in [7, 11) is 1.63. The number of Topliss-reactive ketones (excluding diaryl/α,β-unsaturated/α-hetero) is 2. The molecule has 0 spiro atoms. The molecule has 2 atom stereocenters. The van der Waals surface area contributed by atoms with Crippen molar-refractivity contribution < 1.29 is 14.3 Å². The van der Waals surface area contributed by atoms with E-state index >= 15 is 0 Å². The average Bonchev–Trinajstić information content (AvgIpc) is 2.94. The zero-order valence-corrected chi connectivity index (χ0v) is 16.7. The van der Waals surface area contributed by atoms with Crippen molar-refractivity contribution in [3.8, 4) is 5.75 Å². The zero-order valence-electron chi connectivity index (χ0n) is 16.7. The van der Waals surface area contributed by atoms with E-state index in [1.807, 2.05) is 24.3 Å². The summed E-state index contributed by atoms with van der Waals surface area (Å²) >= 11 is 0. The quantitative estimate of drug-likeness (QED) is 0.703. The molecule has 1 aliphatic carbocycles. The van der Waals surface area contributed by atoms with Crippen LogP contribution in [0.2, 0.25) is 0 Å². The Bertz CT molecular complexity index is 841. The molecule has 0 bridgehead atoms. The lowest BCUT2D eigenvalue weighted by molar-refractivity contribution is -0.124. The molecule has 3 rings (SSSR count). The Labute approximate surface area is 161 Å². The summed E-state index contributed by atoms with van der Waals surface area (Å²) in [5, 5.41) is 0. The summed E-state index contributed by atoms with van der Waals surface area (Å²) in [5.74, 6) is 0.0922. The van der Waals surface area contributed by atoms with E-state index in [1.54, 1.807) is 7.11 Å². The molecular formula is C24H28O3. The van der Waals surface area contributed by atoms with Gasteiger partial charge in [0.05, 0.1) is 7.11 Å². The van der Waals surface area contributed by atoms with Crippen LogP contribution in [0.5, 0.6) is 5.75 Å². The van der Waals surface area contributed by atoms with Gasteiger partial charge in [-0.2, -0.15) is 0 Å². The predicted molar refractivity (Wildman–Crippen MR) is 107 cm³/mol. The number of hydrogen-bond donors (Lipinski definition) is 0. The van der Waals surface area contributed by atoms with Crippen LogP contribution >= 0.6 is 0 Å². The molecule has 0 radical (unpaired) electrons. The number of ketones is 2. The van der Waals surface area contributed by atoms with Gasteiger partial charge in [0.15, 0.2) is 5.78 Å². The lowest BCUT2D eigenvalue weighted by atomic mass is 9.83. The monoisotopic (exact) mass is 364 g/mol. The maximum Gasteiger partial charge on any atom is 0.151 e. The number of methoxy groups -OCH3 is 1. The van der Waals surface area contributed by atoms with Gasteiger partial charge in [0.25, 0.3) is 0 Å². The Kier molecular flexibility index (Phi) is 5.79. The largest absolute Gasteiger partial charge is 0.497 e. The van der Waals surface area contributed by atoms with Crippen molar-refractivity contribution in [2.24, 2.45) is 5.92 Å². The van der Waals surface area contributed by atoms with Crippen molar-refractivity contribution in [3.05, 3.63) is 64.2 Å². The molecule has 0 amide bonds. The highest BCUT2D eigenvalue weighted by molar-refractivity contribution is 6.15. The van der Waals surface area contributed by atoms with Gasteiger partial charge in [-0.1, -0.05) is 43.7 Å². The average molecular weight is 364 g/mol. The number of aryl methyl sites for hydroxylation is 3. The highest BCUT2D eigenvalue weighted by Crippen LogP contribution is 2.38. The molecule has 0 aliphatic heterocycles. The minimum atomic E-state index is -0.592. The van der Waals surface area contributed by atoms with E-state index in [2.05, 4.69) is 32.9 Å². The van der Waals surface area contributed by atoms with Gasteiger partial charge in [0.1, 0.15) is 17.5 Å². The van der Waals surface area contributed by atoms with Crippen molar-refractivity contribution in [2.45, 2.75) is 52.4 Å². The van der Waals surface area contributed by atoms with Crippen LogP contribution in [0.4, 0.5) is 0 Å². The third-order valence-corrected chi connectivity index (χ3v) is 5.62. The van der Waals surface area contributed by atoms with Crippen molar-refractivity contribution in [1.29, 1.82) is 0 Å². The summed E-state index contributed by atoms with van der Waals surface area (Å²) in [6, 6.07) is 12.0. The molecule has 1 saturated carbocycles. The van der Waals surface area contributed by atoms with Gasteiger partial charge >= 0.3 is 0 Å². The first kappa shape index (κ1) is 19.3. The van der Waals surface area contributed by atoms with Gasteiger partial charge in [-0.25, -0.2) is 0 Å². The van der Waals surface area contributed by atoms with Crippen molar-refractivity contribution in [1.82, 2.24) is 0 Å². The topological polar surface area (TPSA) is 43.4 Å². The van der Waals surface area contributed by atoms with Gasteiger partial charge in [0.2, 0.25) is 0 Å². The molecule has 2 aromatic carbocycles. The van der Waals surface area contributed by atoms with Gasteiger partial charge in [-0.3, -0.25) is 9.59 Å². The fraction of sp³-hybridized carbons (Fsp3) is 0.417. The van der Waals surface area contributed by atoms with E-state index in [1.165, 1.54) is 5.56 Å². The normalized spacial score (nSPS) is 19.6. The van der Waals surface area contributed by atoms with Crippen LogP contribution in [-0.4, -0.2) is 18.7 Å². The van der Waals surface area contributed by atoms with E-state index in [0.717, 1.165) is 40.8 Å². The standard InChI is InChI=1S/C24H28O3/c1-5-17-10-15(3)11-18(6-2)22(17)23-21(25)14-19(24(23)26)12-16-8-7-9-20(13-16)27-4/h7-11,13,19,23H,5-6,12,14H2,1-4H3. The molecule has 2 unspecified atom stereocenters. The van der Waals surface area contributed by atoms with E-state index in [-0.39, 0.29) is 17.5 Å². The summed E-state index contributed by atoms with van der Waals surface area (Å²) in [4.78, 5) is 26.1. The second kappa shape index (κ2) is 8.08. The molecule has 0 aromatic heterocycles. The third kappa shape index (κ3) is 3.83. The van der Waals surface area contributed by atoms with Crippen molar-refractivity contribution in [2.75, 3.05) is 7.11 Å². The molecule has 2 aromatic rings. The first-order chi connectivity index (χ1) is 13.0. The first-order valence-electron chi connectivity index (χ1n) is 9.80. The SMILES string of the molecule is CCc1cc(C)cc(CC)c1C1C(=O)CC(Cc2cccc(OC)c2)C1=O. The number of ether oxygens (including phenoxy) is 1. The number of hydrogen-bond acceptors (Lipinski definition) is 3. The minimum Gasteiger partial charge on any atom is -0.497 e. The third-order valence-electron chi connectivity index (χ3n) is 5.62. The van der Waals surface area contributed by atoms with Gasteiger partial charge in [-0.05, 0) is 60.6 Å². The van der Waals surface area contributed by atoms with E-state index in [9.17, 15) is 9.59 Å². The van der Waals surface area contributed by atoms with Crippen LogP contribution in [0.25, 0.3) is 0 Å². The summed E-state index contributed by atoms with van der Waals surface area (Å²) < 4.78 is 5.28. The van der Waals surface area contributed by atoms with Crippen LogP contribution in [0, 0.1) is 12.8 Å². The smallest absolute Gasteiger partial charge is 0.151 e. The fourth-order valence-corrected chi connectivity index (χ4v) is 4.32. The molecule has 142 valence electrons. The minimum absolute atomic E-state index is 0.0705. The lowest BCUT2D eigenvalue weighted by Gasteiger charge is -2.19. The molecule has 3 nitrogen and oxygen atoms in total. The van der Waals surface area contributed by atoms with E-state index in [0.29, 0.717) is 12.8 Å². The Hall–Kier alpha value is -2.42. The Morgan fingerprint density at radius 1 is 1.04 bits per heavy atom. The van der Waals surface area contributed by atoms with Crippen molar-refractivity contribution in [3.63, 3.8) is 0 Å². The fourth-order valence-electron chi connectivity index (χ4n) is 4.32. The summed E-state index contributed by atoms with van der Waals surface area (Å²) in [6.07, 6.45) is 2.59. The lowest BCUT2D eigenvalue weighted by Crippen LogP contribution is -2.20. The molecule has 0 heterocycles.